The number of fused-ring (bicyclic) bond motifs is 1. The van der Waals surface area contributed by atoms with Crippen LogP contribution in [0.5, 0.6) is 0 Å². The van der Waals surface area contributed by atoms with Crippen LogP contribution in [0.15, 0.2) is 6.20 Å². The second kappa shape index (κ2) is 7.39. The van der Waals surface area contributed by atoms with Gasteiger partial charge >= 0.3 is 0 Å². The van der Waals surface area contributed by atoms with E-state index in [9.17, 15) is 4.79 Å². The van der Waals surface area contributed by atoms with E-state index in [1.165, 1.54) is 6.42 Å². The van der Waals surface area contributed by atoms with Crippen LogP contribution in [0.3, 0.4) is 0 Å². The van der Waals surface area contributed by atoms with Crippen LogP contribution in [0, 0.1) is 5.92 Å². The molecule has 4 atom stereocenters. The third-order valence-corrected chi connectivity index (χ3v) is 5.52. The maximum absolute atomic E-state index is 12.5. The highest BCUT2D eigenvalue weighted by Crippen LogP contribution is 2.34. The summed E-state index contributed by atoms with van der Waals surface area (Å²) in [5.74, 6) is 0.307. The van der Waals surface area contributed by atoms with Crippen molar-refractivity contribution in [1.82, 2.24) is 20.3 Å². The molecule has 0 bridgehead atoms. The number of carbonyl (C=O) groups is 1. The minimum atomic E-state index is -0.118. The summed E-state index contributed by atoms with van der Waals surface area (Å²) in [6, 6.07) is -0.0916. The lowest BCUT2D eigenvalue weighted by Gasteiger charge is -2.24. The molecule has 2 saturated heterocycles. The van der Waals surface area contributed by atoms with Crippen molar-refractivity contribution < 1.29 is 19.0 Å². The predicted octanol–water partition coefficient (Wildman–Crippen LogP) is 0.828. The molecular formula is C17H26N4O4. The Morgan fingerprint density at radius 2 is 2.08 bits per heavy atom. The van der Waals surface area contributed by atoms with Crippen LogP contribution in [0.25, 0.3) is 0 Å². The molecule has 2 aliphatic heterocycles. The fourth-order valence-corrected chi connectivity index (χ4v) is 4.18. The second-order valence-electron chi connectivity index (χ2n) is 7.24. The van der Waals surface area contributed by atoms with Gasteiger partial charge in [-0.3, -0.25) is 4.79 Å². The molecule has 1 aliphatic carbocycles. The minimum Gasteiger partial charge on any atom is -0.378 e. The summed E-state index contributed by atoms with van der Waals surface area (Å²) in [6.45, 7) is 1.44. The van der Waals surface area contributed by atoms with Crippen molar-refractivity contribution in [1.29, 1.82) is 0 Å². The average Bonchev–Trinajstić information content (AvgIpc) is 3.33. The van der Waals surface area contributed by atoms with E-state index in [1.807, 2.05) is 6.20 Å². The van der Waals surface area contributed by atoms with Crippen molar-refractivity contribution in [3.8, 4) is 0 Å². The summed E-state index contributed by atoms with van der Waals surface area (Å²) in [6.07, 6.45) is 7.20. The number of hydrogen-bond donors (Lipinski definition) is 1. The number of nitrogens with one attached hydrogen (secondary N) is 1. The van der Waals surface area contributed by atoms with Gasteiger partial charge in [-0.1, -0.05) is 24.5 Å². The molecule has 0 spiro atoms. The van der Waals surface area contributed by atoms with Gasteiger partial charge in [0.1, 0.15) is 23.9 Å². The number of carbonyl (C=O) groups excluding carboxylic acids is 1. The zero-order valence-corrected chi connectivity index (χ0v) is 14.6. The summed E-state index contributed by atoms with van der Waals surface area (Å²) in [7, 11) is 1.63. The Morgan fingerprint density at radius 3 is 2.88 bits per heavy atom. The molecule has 25 heavy (non-hydrogen) atoms. The van der Waals surface area contributed by atoms with Gasteiger partial charge in [0.05, 0.1) is 32.1 Å². The molecule has 0 aromatic carbocycles. The zero-order chi connectivity index (χ0) is 17.2. The van der Waals surface area contributed by atoms with Gasteiger partial charge in [-0.05, 0) is 12.8 Å². The summed E-state index contributed by atoms with van der Waals surface area (Å²) >= 11 is 0. The monoisotopic (exact) mass is 350 g/mol. The minimum absolute atomic E-state index is 0.0142. The smallest absolute Gasteiger partial charge is 0.223 e. The van der Waals surface area contributed by atoms with E-state index >= 15 is 0 Å². The number of ether oxygens (including phenoxy) is 3. The Labute approximate surface area is 147 Å². The van der Waals surface area contributed by atoms with Gasteiger partial charge in [0.25, 0.3) is 0 Å². The van der Waals surface area contributed by atoms with E-state index in [1.54, 1.807) is 11.8 Å². The first-order valence-electron chi connectivity index (χ1n) is 9.19. The van der Waals surface area contributed by atoms with E-state index < -0.39 is 0 Å². The van der Waals surface area contributed by atoms with E-state index in [0.29, 0.717) is 19.8 Å². The van der Waals surface area contributed by atoms with Crippen LogP contribution in [0.2, 0.25) is 0 Å². The van der Waals surface area contributed by atoms with E-state index in [-0.39, 0.29) is 36.1 Å². The Balaban J connectivity index is 1.37. The summed E-state index contributed by atoms with van der Waals surface area (Å²) in [5.41, 5.74) is 0.783. The van der Waals surface area contributed by atoms with E-state index in [0.717, 1.165) is 31.4 Å². The van der Waals surface area contributed by atoms with E-state index in [2.05, 4.69) is 15.6 Å². The average molecular weight is 350 g/mol. The van der Waals surface area contributed by atoms with Gasteiger partial charge in [0, 0.05) is 13.0 Å². The predicted molar refractivity (Wildman–Crippen MR) is 87.8 cm³/mol. The van der Waals surface area contributed by atoms with Crippen molar-refractivity contribution >= 4 is 5.91 Å². The summed E-state index contributed by atoms with van der Waals surface area (Å²) < 4.78 is 18.8. The van der Waals surface area contributed by atoms with Gasteiger partial charge in [0.15, 0.2) is 0 Å². The maximum atomic E-state index is 12.5. The van der Waals surface area contributed by atoms with Crippen LogP contribution < -0.4 is 5.32 Å². The van der Waals surface area contributed by atoms with Crippen LogP contribution in [0.1, 0.15) is 43.8 Å². The molecule has 1 aromatic rings. The molecule has 1 saturated carbocycles. The quantitative estimate of drug-likeness (QED) is 0.846. The fourth-order valence-electron chi connectivity index (χ4n) is 4.18. The molecule has 138 valence electrons. The Bertz CT molecular complexity index is 601. The first-order valence-corrected chi connectivity index (χ1v) is 9.19. The maximum Gasteiger partial charge on any atom is 0.223 e. The molecule has 3 aliphatic rings. The molecule has 0 unspecified atom stereocenters. The van der Waals surface area contributed by atoms with Gasteiger partial charge in [-0.25, -0.2) is 4.68 Å². The van der Waals surface area contributed by atoms with Crippen molar-refractivity contribution in [2.24, 2.45) is 5.92 Å². The standard InChI is InChI=1S/C17H26N4O4/c1-23-8-12-7-21(20-19-12)14-10-25-15-13(9-24-16(14)15)18-17(22)11-5-3-2-4-6-11/h7,11,13-16H,2-6,8-10H2,1H3,(H,18,22)/t13-,14+,15-,16+/m0/s1. The van der Waals surface area contributed by atoms with Crippen LogP contribution in [0.4, 0.5) is 0 Å². The SMILES string of the molecule is COCc1cn([C@@H]2CO[C@@H]3[C@@H]2OC[C@@H]3NC(=O)C2CCCCC2)nn1. The lowest BCUT2D eigenvalue weighted by molar-refractivity contribution is -0.127. The number of methoxy groups -OCH3 is 1. The molecule has 1 amide bonds. The first-order chi connectivity index (χ1) is 12.3. The normalized spacial score (nSPS) is 32.7. The van der Waals surface area contributed by atoms with Gasteiger partial charge < -0.3 is 19.5 Å². The number of hydrogen-bond acceptors (Lipinski definition) is 6. The highest BCUT2D eigenvalue weighted by atomic mass is 16.6. The molecule has 3 heterocycles. The first kappa shape index (κ1) is 16.9. The molecule has 1 aromatic heterocycles. The number of aromatic nitrogens is 3. The van der Waals surface area contributed by atoms with Crippen LogP contribution in [-0.2, 0) is 25.6 Å². The Kier molecular flexibility index (Phi) is 5.00. The highest BCUT2D eigenvalue weighted by molar-refractivity contribution is 5.79. The number of nitrogens with zero attached hydrogens (tertiary/aromatic N) is 3. The third-order valence-electron chi connectivity index (χ3n) is 5.52. The van der Waals surface area contributed by atoms with E-state index in [4.69, 9.17) is 14.2 Å². The molecule has 8 heteroatoms. The van der Waals surface area contributed by atoms with Crippen molar-refractivity contribution in [3.05, 3.63) is 11.9 Å². The highest BCUT2D eigenvalue weighted by Gasteiger charge is 2.49. The Morgan fingerprint density at radius 1 is 1.28 bits per heavy atom. The van der Waals surface area contributed by atoms with Crippen LogP contribution >= 0.6 is 0 Å². The largest absolute Gasteiger partial charge is 0.378 e. The summed E-state index contributed by atoms with van der Waals surface area (Å²) in [5, 5.41) is 11.4. The summed E-state index contributed by atoms with van der Waals surface area (Å²) in [4.78, 5) is 12.5. The lowest BCUT2D eigenvalue weighted by atomic mass is 9.88. The van der Waals surface area contributed by atoms with Crippen LogP contribution in [-0.4, -0.2) is 59.5 Å². The van der Waals surface area contributed by atoms with Crippen molar-refractivity contribution in [3.63, 3.8) is 0 Å². The third kappa shape index (κ3) is 3.43. The molecular weight excluding hydrogens is 324 g/mol. The topological polar surface area (TPSA) is 87.5 Å². The zero-order valence-electron chi connectivity index (χ0n) is 14.6. The molecule has 0 radical (unpaired) electrons. The molecule has 1 N–H and O–H groups in total. The Hall–Kier alpha value is -1.51. The molecule has 8 nitrogen and oxygen atoms in total. The van der Waals surface area contributed by atoms with Crippen molar-refractivity contribution in [2.75, 3.05) is 20.3 Å². The number of rotatable bonds is 5. The van der Waals surface area contributed by atoms with Gasteiger partial charge in [0.2, 0.25) is 5.91 Å². The second-order valence-corrected chi connectivity index (χ2v) is 7.24. The van der Waals surface area contributed by atoms with Gasteiger partial charge in [-0.2, -0.15) is 0 Å². The lowest BCUT2D eigenvalue weighted by Crippen LogP contribution is -2.46. The van der Waals surface area contributed by atoms with Gasteiger partial charge in [-0.15, -0.1) is 5.10 Å². The van der Waals surface area contributed by atoms with Crippen molar-refractivity contribution in [2.45, 2.75) is 63.0 Å². The molecule has 4 rings (SSSR count). The fraction of sp³-hybridized carbons (Fsp3) is 0.824. The molecule has 3 fully saturated rings. The number of amides is 1.